The molecule has 1 N–H and O–H groups in total. The molecule has 0 radical (unpaired) electrons. The van der Waals surface area contributed by atoms with E-state index < -0.39 is 0 Å². The van der Waals surface area contributed by atoms with E-state index in [4.69, 9.17) is 11.6 Å². The first-order chi connectivity index (χ1) is 14.6. The maximum Gasteiger partial charge on any atom is 0.255 e. The molecule has 150 valence electrons. The van der Waals surface area contributed by atoms with Crippen molar-refractivity contribution in [1.29, 1.82) is 0 Å². The summed E-state index contributed by atoms with van der Waals surface area (Å²) in [7, 11) is 0. The molecule has 0 saturated carbocycles. The molecule has 0 bridgehead atoms. The molecule has 7 heteroatoms. The summed E-state index contributed by atoms with van der Waals surface area (Å²) in [5.74, 6) is -0.164. The van der Waals surface area contributed by atoms with Crippen molar-refractivity contribution in [3.05, 3.63) is 101 Å². The molecule has 4 aromatic rings. The number of nitrogens with zero attached hydrogens (tertiary/aromatic N) is 3. The van der Waals surface area contributed by atoms with Crippen molar-refractivity contribution in [2.45, 2.75) is 23.5 Å². The third-order valence-electron chi connectivity index (χ3n) is 4.44. The van der Waals surface area contributed by atoms with E-state index in [0.717, 1.165) is 10.5 Å². The summed E-state index contributed by atoms with van der Waals surface area (Å²) in [5.41, 5.74) is 3.61. The van der Waals surface area contributed by atoms with E-state index in [2.05, 4.69) is 46.6 Å². The molecule has 0 unspecified atom stereocenters. The van der Waals surface area contributed by atoms with Gasteiger partial charge in [0.15, 0.2) is 5.16 Å². The number of para-hydroxylation sites is 1. The van der Waals surface area contributed by atoms with Gasteiger partial charge in [0.25, 0.3) is 5.91 Å². The molecule has 0 aliphatic rings. The number of hydrogen-bond acceptors (Lipinski definition) is 4. The zero-order valence-electron chi connectivity index (χ0n) is 16.2. The van der Waals surface area contributed by atoms with E-state index in [-0.39, 0.29) is 11.2 Å². The Kier molecular flexibility index (Phi) is 6.16. The van der Waals surface area contributed by atoms with Crippen LogP contribution < -0.4 is 5.32 Å². The Morgan fingerprint density at radius 3 is 2.47 bits per heavy atom. The van der Waals surface area contributed by atoms with Gasteiger partial charge in [-0.1, -0.05) is 60.2 Å². The minimum Gasteiger partial charge on any atom is -0.321 e. The van der Waals surface area contributed by atoms with E-state index in [0.29, 0.717) is 23.0 Å². The molecule has 1 amide bonds. The van der Waals surface area contributed by atoms with Crippen LogP contribution in [0.25, 0.3) is 0 Å². The third kappa shape index (κ3) is 4.90. The lowest BCUT2D eigenvalue weighted by Crippen LogP contribution is -2.12. The van der Waals surface area contributed by atoms with Crippen LogP contribution >= 0.6 is 23.4 Å². The Morgan fingerprint density at radius 1 is 1.00 bits per heavy atom. The number of hydrogen-bond donors (Lipinski definition) is 1. The highest BCUT2D eigenvalue weighted by molar-refractivity contribution is 7.99. The van der Waals surface area contributed by atoms with Crippen LogP contribution in [0.15, 0.2) is 88.9 Å². The van der Waals surface area contributed by atoms with Crippen LogP contribution in [0.3, 0.4) is 0 Å². The second-order valence-corrected chi connectivity index (χ2v) is 8.07. The van der Waals surface area contributed by atoms with E-state index in [9.17, 15) is 4.79 Å². The average molecular weight is 435 g/mol. The van der Waals surface area contributed by atoms with Gasteiger partial charge in [0.05, 0.1) is 12.2 Å². The number of benzene rings is 3. The standard InChI is InChI=1S/C23H19ClN4OS/c1-16-11-13-17(14-12-16)15-28-23(26-22(24)27-28)30-20-10-6-5-9-19(20)25-21(29)18-7-3-2-4-8-18/h2-14H,15H2,1H3,(H,25,29). The van der Waals surface area contributed by atoms with Gasteiger partial charge >= 0.3 is 0 Å². The summed E-state index contributed by atoms with van der Waals surface area (Å²) in [4.78, 5) is 17.8. The number of rotatable bonds is 6. The fourth-order valence-corrected chi connectivity index (χ4v) is 4.02. The van der Waals surface area contributed by atoms with E-state index >= 15 is 0 Å². The minimum atomic E-state index is -0.164. The predicted octanol–water partition coefficient (Wildman–Crippen LogP) is 5.69. The van der Waals surface area contributed by atoms with Crippen molar-refractivity contribution in [2.24, 2.45) is 0 Å². The van der Waals surface area contributed by atoms with Gasteiger partial charge in [-0.3, -0.25) is 4.79 Å². The summed E-state index contributed by atoms with van der Waals surface area (Å²) in [5, 5.41) is 8.15. The van der Waals surface area contributed by atoms with Crippen molar-refractivity contribution in [2.75, 3.05) is 5.32 Å². The molecule has 0 saturated heterocycles. The summed E-state index contributed by atoms with van der Waals surface area (Å²) in [6.45, 7) is 2.61. The van der Waals surface area contributed by atoms with Crippen LogP contribution in [-0.2, 0) is 6.54 Å². The monoisotopic (exact) mass is 434 g/mol. The lowest BCUT2D eigenvalue weighted by Gasteiger charge is -2.11. The number of nitrogens with one attached hydrogen (secondary N) is 1. The van der Waals surface area contributed by atoms with Crippen molar-refractivity contribution < 1.29 is 4.79 Å². The average Bonchev–Trinajstić information content (AvgIpc) is 3.10. The number of carbonyl (C=O) groups is 1. The highest BCUT2D eigenvalue weighted by atomic mass is 35.5. The maximum absolute atomic E-state index is 12.6. The molecule has 0 spiro atoms. The predicted molar refractivity (Wildman–Crippen MR) is 120 cm³/mol. The summed E-state index contributed by atoms with van der Waals surface area (Å²) in [6.07, 6.45) is 0. The van der Waals surface area contributed by atoms with Crippen molar-refractivity contribution in [3.8, 4) is 0 Å². The summed E-state index contributed by atoms with van der Waals surface area (Å²) >= 11 is 7.51. The Hall–Kier alpha value is -3.09. The number of amides is 1. The SMILES string of the molecule is Cc1ccc(Cn2nc(Cl)nc2Sc2ccccc2NC(=O)c2ccccc2)cc1. The van der Waals surface area contributed by atoms with Crippen LogP contribution in [-0.4, -0.2) is 20.7 Å². The van der Waals surface area contributed by atoms with Gasteiger partial charge in [-0.05, 0) is 60.1 Å². The minimum absolute atomic E-state index is 0.164. The third-order valence-corrected chi connectivity index (χ3v) is 5.66. The molecule has 0 atom stereocenters. The van der Waals surface area contributed by atoms with E-state index in [1.165, 1.54) is 17.3 Å². The highest BCUT2D eigenvalue weighted by Gasteiger charge is 2.15. The van der Waals surface area contributed by atoms with Crippen LogP contribution in [0, 0.1) is 6.92 Å². The molecular formula is C23H19ClN4OS. The second-order valence-electron chi connectivity index (χ2n) is 6.73. The molecular weight excluding hydrogens is 416 g/mol. The zero-order chi connectivity index (χ0) is 20.9. The Bertz CT molecular complexity index is 1160. The first-order valence-corrected chi connectivity index (χ1v) is 10.6. The van der Waals surface area contributed by atoms with Gasteiger partial charge in [-0.2, -0.15) is 4.98 Å². The molecule has 0 fully saturated rings. The molecule has 30 heavy (non-hydrogen) atoms. The number of halogens is 1. The topological polar surface area (TPSA) is 59.8 Å². The molecule has 0 aliphatic carbocycles. The van der Waals surface area contributed by atoms with E-state index in [1.807, 2.05) is 42.5 Å². The molecule has 3 aromatic carbocycles. The lowest BCUT2D eigenvalue weighted by molar-refractivity contribution is 0.102. The fraction of sp³-hybridized carbons (Fsp3) is 0.0870. The van der Waals surface area contributed by atoms with Crippen LogP contribution in [0.2, 0.25) is 5.28 Å². The maximum atomic E-state index is 12.6. The lowest BCUT2D eigenvalue weighted by atomic mass is 10.1. The largest absolute Gasteiger partial charge is 0.321 e. The highest BCUT2D eigenvalue weighted by Crippen LogP contribution is 2.33. The number of aromatic nitrogens is 3. The van der Waals surface area contributed by atoms with Gasteiger partial charge < -0.3 is 5.32 Å². The first-order valence-electron chi connectivity index (χ1n) is 9.37. The zero-order valence-corrected chi connectivity index (χ0v) is 17.8. The number of anilines is 1. The van der Waals surface area contributed by atoms with Crippen molar-refractivity contribution >= 4 is 35.0 Å². The quantitative estimate of drug-likeness (QED) is 0.423. The Labute approximate surface area is 184 Å². The molecule has 1 aromatic heterocycles. The van der Waals surface area contributed by atoms with Gasteiger partial charge in [0.2, 0.25) is 5.28 Å². The Balaban J connectivity index is 1.56. The van der Waals surface area contributed by atoms with Crippen molar-refractivity contribution in [1.82, 2.24) is 14.8 Å². The van der Waals surface area contributed by atoms with E-state index in [1.54, 1.807) is 16.8 Å². The van der Waals surface area contributed by atoms with Crippen LogP contribution in [0.1, 0.15) is 21.5 Å². The molecule has 4 rings (SSSR count). The van der Waals surface area contributed by atoms with Crippen LogP contribution in [0.5, 0.6) is 0 Å². The van der Waals surface area contributed by atoms with Crippen LogP contribution in [0.4, 0.5) is 5.69 Å². The molecule has 1 heterocycles. The first kappa shape index (κ1) is 20.2. The van der Waals surface area contributed by atoms with Gasteiger partial charge in [0, 0.05) is 10.5 Å². The normalized spacial score (nSPS) is 10.7. The number of aryl methyl sites for hydroxylation is 1. The van der Waals surface area contributed by atoms with Crippen molar-refractivity contribution in [3.63, 3.8) is 0 Å². The van der Waals surface area contributed by atoms with Gasteiger partial charge in [-0.25, -0.2) is 4.68 Å². The molecule has 5 nitrogen and oxygen atoms in total. The smallest absolute Gasteiger partial charge is 0.255 e. The van der Waals surface area contributed by atoms with Gasteiger partial charge in [0.1, 0.15) is 0 Å². The Morgan fingerprint density at radius 2 is 1.70 bits per heavy atom. The summed E-state index contributed by atoms with van der Waals surface area (Å²) < 4.78 is 1.77. The molecule has 0 aliphatic heterocycles. The fourth-order valence-electron chi connectivity index (χ4n) is 2.89. The van der Waals surface area contributed by atoms with Gasteiger partial charge in [-0.15, -0.1) is 5.10 Å². The summed E-state index contributed by atoms with van der Waals surface area (Å²) in [6, 6.07) is 25.0. The second kappa shape index (κ2) is 9.15. The number of carbonyl (C=O) groups excluding carboxylic acids is 1.